The van der Waals surface area contributed by atoms with E-state index < -0.39 is 0 Å². The van der Waals surface area contributed by atoms with Gasteiger partial charge in [0.05, 0.1) is 5.69 Å². The predicted molar refractivity (Wildman–Crippen MR) is 52.6 cm³/mol. The normalized spacial score (nSPS) is 9.85. The van der Waals surface area contributed by atoms with E-state index in [1.54, 1.807) is 18.0 Å². The molecule has 72 valence electrons. The molecule has 0 aliphatic carbocycles. The number of rotatable bonds is 5. The maximum Gasteiger partial charge on any atom is 0.185 e. The average Bonchev–Trinajstić information content (AvgIpc) is 2.55. The number of hydrogen-bond donors (Lipinski definition) is 3. The van der Waals surface area contributed by atoms with Crippen molar-refractivity contribution in [2.75, 3.05) is 12.3 Å². The zero-order valence-corrected chi connectivity index (χ0v) is 7.93. The predicted octanol–water partition coefficient (Wildman–Crippen LogP) is 0.391. The van der Waals surface area contributed by atoms with Gasteiger partial charge in [0.25, 0.3) is 0 Å². The summed E-state index contributed by atoms with van der Waals surface area (Å²) in [6, 6.07) is 1.84. The zero-order chi connectivity index (χ0) is 9.52. The highest BCUT2D eigenvalue weighted by Crippen LogP contribution is 2.08. The van der Waals surface area contributed by atoms with Gasteiger partial charge in [-0.1, -0.05) is 5.16 Å². The number of aromatic nitrogens is 1. The van der Waals surface area contributed by atoms with Crippen molar-refractivity contribution < 1.29 is 4.52 Å². The van der Waals surface area contributed by atoms with Crippen molar-refractivity contribution in [2.24, 2.45) is 5.73 Å². The van der Waals surface area contributed by atoms with Crippen LogP contribution in [0.3, 0.4) is 0 Å². The topological polar surface area (TPSA) is 87.9 Å². The van der Waals surface area contributed by atoms with Crippen molar-refractivity contribution >= 4 is 17.7 Å². The Labute approximate surface area is 80.6 Å². The lowest BCUT2D eigenvalue weighted by atomic mass is 10.5. The number of thioether (sulfide) groups is 1. The van der Waals surface area contributed by atoms with Crippen molar-refractivity contribution in [2.45, 2.75) is 5.75 Å². The molecule has 0 saturated carbocycles. The Morgan fingerprint density at radius 2 is 2.62 bits per heavy atom. The van der Waals surface area contributed by atoms with E-state index in [4.69, 9.17) is 11.1 Å². The van der Waals surface area contributed by atoms with Crippen LogP contribution in [0.25, 0.3) is 0 Å². The minimum absolute atomic E-state index is 0.0158. The first-order valence-corrected chi connectivity index (χ1v) is 4.99. The number of hydrogen-bond acceptors (Lipinski definition) is 4. The first-order chi connectivity index (χ1) is 6.29. The average molecular weight is 200 g/mol. The molecule has 1 aromatic heterocycles. The van der Waals surface area contributed by atoms with E-state index in [1.165, 1.54) is 0 Å². The highest BCUT2D eigenvalue weighted by Gasteiger charge is 1.96. The second-order valence-electron chi connectivity index (χ2n) is 2.38. The second-order valence-corrected chi connectivity index (χ2v) is 3.49. The van der Waals surface area contributed by atoms with Crippen LogP contribution in [-0.2, 0) is 5.75 Å². The molecule has 0 fully saturated rings. The smallest absolute Gasteiger partial charge is 0.185 e. The summed E-state index contributed by atoms with van der Waals surface area (Å²) in [6.07, 6.45) is 1.56. The molecule has 0 bridgehead atoms. The number of nitrogens with zero attached hydrogens (tertiary/aromatic N) is 1. The van der Waals surface area contributed by atoms with E-state index in [9.17, 15) is 0 Å². The minimum Gasteiger partial charge on any atom is -0.370 e. The molecule has 0 aromatic carbocycles. The minimum atomic E-state index is 0.0158. The Morgan fingerprint density at radius 1 is 1.77 bits per heavy atom. The highest BCUT2D eigenvalue weighted by molar-refractivity contribution is 7.98. The summed E-state index contributed by atoms with van der Waals surface area (Å²) in [4.78, 5) is 0. The zero-order valence-electron chi connectivity index (χ0n) is 7.12. The number of nitrogens with two attached hydrogens (primary N) is 1. The molecule has 0 amide bonds. The standard InChI is InChI=1S/C7H12N4OS/c8-7(9)10-2-4-13-5-6-1-3-12-11-6/h1,3H,2,4-5H2,(H4,8,9,10). The molecule has 0 spiro atoms. The largest absolute Gasteiger partial charge is 0.370 e. The van der Waals surface area contributed by atoms with Crippen LogP contribution in [-0.4, -0.2) is 23.4 Å². The fraction of sp³-hybridized carbons (Fsp3) is 0.429. The van der Waals surface area contributed by atoms with Crippen LogP contribution >= 0.6 is 11.8 Å². The molecule has 1 rings (SSSR count). The Hall–Kier alpha value is -1.17. The molecule has 6 heteroatoms. The van der Waals surface area contributed by atoms with Crippen molar-refractivity contribution in [3.05, 3.63) is 18.0 Å². The molecule has 0 atom stereocenters. The third kappa shape index (κ3) is 4.41. The molecule has 0 radical (unpaired) electrons. The number of nitrogens with one attached hydrogen (secondary N) is 2. The van der Waals surface area contributed by atoms with Crippen LogP contribution in [0.5, 0.6) is 0 Å². The van der Waals surface area contributed by atoms with Gasteiger partial charge in [-0.3, -0.25) is 5.41 Å². The summed E-state index contributed by atoms with van der Waals surface area (Å²) >= 11 is 1.72. The third-order valence-corrected chi connectivity index (χ3v) is 2.30. The summed E-state index contributed by atoms with van der Waals surface area (Å²) in [5.41, 5.74) is 6.04. The molecule has 1 heterocycles. The third-order valence-electron chi connectivity index (χ3n) is 1.30. The Morgan fingerprint density at radius 3 is 3.23 bits per heavy atom. The summed E-state index contributed by atoms with van der Waals surface area (Å²) in [7, 11) is 0. The highest BCUT2D eigenvalue weighted by atomic mass is 32.2. The van der Waals surface area contributed by atoms with Crippen LogP contribution in [0, 0.1) is 5.41 Å². The lowest BCUT2D eigenvalue weighted by molar-refractivity contribution is 0.414. The molecule has 0 unspecified atom stereocenters. The Balaban J connectivity index is 1.99. The fourth-order valence-corrected chi connectivity index (χ4v) is 1.50. The van der Waals surface area contributed by atoms with E-state index >= 15 is 0 Å². The van der Waals surface area contributed by atoms with Crippen LogP contribution in [0.2, 0.25) is 0 Å². The molecule has 1 aromatic rings. The van der Waals surface area contributed by atoms with Crippen molar-refractivity contribution in [1.82, 2.24) is 10.5 Å². The van der Waals surface area contributed by atoms with Gasteiger partial charge in [-0.2, -0.15) is 11.8 Å². The van der Waals surface area contributed by atoms with Gasteiger partial charge in [0, 0.05) is 24.1 Å². The molecule has 0 aliphatic heterocycles. The van der Waals surface area contributed by atoms with E-state index in [2.05, 4.69) is 15.0 Å². The molecule has 13 heavy (non-hydrogen) atoms. The van der Waals surface area contributed by atoms with Crippen LogP contribution in [0.1, 0.15) is 5.69 Å². The van der Waals surface area contributed by atoms with Crippen LogP contribution < -0.4 is 11.1 Å². The van der Waals surface area contributed by atoms with Gasteiger partial charge in [-0.25, -0.2) is 0 Å². The lowest BCUT2D eigenvalue weighted by Crippen LogP contribution is -2.31. The Bertz CT molecular complexity index is 249. The van der Waals surface area contributed by atoms with Gasteiger partial charge >= 0.3 is 0 Å². The van der Waals surface area contributed by atoms with E-state index in [0.29, 0.717) is 6.54 Å². The van der Waals surface area contributed by atoms with Crippen LogP contribution in [0.15, 0.2) is 16.9 Å². The van der Waals surface area contributed by atoms with E-state index in [0.717, 1.165) is 17.2 Å². The molecule has 0 aliphatic rings. The maximum atomic E-state index is 6.90. The first kappa shape index (κ1) is 9.91. The molecular weight excluding hydrogens is 188 g/mol. The van der Waals surface area contributed by atoms with Crippen molar-refractivity contribution in [1.29, 1.82) is 5.41 Å². The van der Waals surface area contributed by atoms with Gasteiger partial charge in [-0.15, -0.1) is 0 Å². The van der Waals surface area contributed by atoms with Gasteiger partial charge in [0.2, 0.25) is 0 Å². The summed E-state index contributed by atoms with van der Waals surface area (Å²) in [5, 5.41) is 13.4. The first-order valence-electron chi connectivity index (χ1n) is 3.84. The van der Waals surface area contributed by atoms with E-state index in [1.807, 2.05) is 6.07 Å². The maximum absolute atomic E-state index is 6.90. The number of guanidine groups is 1. The Kier molecular flexibility index (Phi) is 4.17. The van der Waals surface area contributed by atoms with Crippen molar-refractivity contribution in [3.63, 3.8) is 0 Å². The molecule has 0 saturated heterocycles. The van der Waals surface area contributed by atoms with Crippen LogP contribution in [0.4, 0.5) is 0 Å². The van der Waals surface area contributed by atoms with Gasteiger partial charge in [0.1, 0.15) is 6.26 Å². The summed E-state index contributed by atoms with van der Waals surface area (Å²) < 4.78 is 4.68. The SMILES string of the molecule is N=C(N)NCCSCc1ccon1. The second kappa shape index (κ2) is 5.47. The van der Waals surface area contributed by atoms with E-state index in [-0.39, 0.29) is 5.96 Å². The fourth-order valence-electron chi connectivity index (χ4n) is 0.747. The monoisotopic (exact) mass is 200 g/mol. The summed E-state index contributed by atoms with van der Waals surface area (Å²) in [5.74, 6) is 1.74. The summed E-state index contributed by atoms with van der Waals surface area (Å²) in [6.45, 7) is 0.706. The molecular formula is C7H12N4OS. The van der Waals surface area contributed by atoms with Crippen molar-refractivity contribution in [3.8, 4) is 0 Å². The molecule has 5 nitrogen and oxygen atoms in total. The van der Waals surface area contributed by atoms with Gasteiger partial charge in [-0.05, 0) is 0 Å². The lowest BCUT2D eigenvalue weighted by Gasteiger charge is -2.01. The molecule has 4 N–H and O–H groups in total. The van der Waals surface area contributed by atoms with Gasteiger partial charge < -0.3 is 15.6 Å². The quantitative estimate of drug-likeness (QED) is 0.363. The van der Waals surface area contributed by atoms with Gasteiger partial charge in [0.15, 0.2) is 5.96 Å².